The van der Waals surface area contributed by atoms with E-state index in [1.807, 2.05) is 18.2 Å². The highest BCUT2D eigenvalue weighted by Crippen LogP contribution is 2.28. The topological polar surface area (TPSA) is 68.8 Å². The minimum Gasteiger partial charge on any atom is -0.493 e. The van der Waals surface area contributed by atoms with Crippen molar-refractivity contribution in [1.29, 1.82) is 0 Å². The minimum atomic E-state index is -0.724. The van der Waals surface area contributed by atoms with Gasteiger partial charge < -0.3 is 24.8 Å². The zero-order valence-corrected chi connectivity index (χ0v) is 15.5. The number of nitrogens with one attached hydrogen (secondary N) is 2. The minimum absolute atomic E-state index is 0.0567. The molecule has 0 aromatic heterocycles. The Morgan fingerprint density at radius 2 is 2.00 bits per heavy atom. The van der Waals surface area contributed by atoms with Gasteiger partial charge in [0.25, 0.3) is 5.91 Å². The van der Waals surface area contributed by atoms with Crippen molar-refractivity contribution in [2.45, 2.75) is 44.8 Å². The predicted molar refractivity (Wildman–Crippen MR) is 97.1 cm³/mol. The van der Waals surface area contributed by atoms with E-state index < -0.39 is 5.60 Å². The van der Waals surface area contributed by atoms with Crippen LogP contribution in [0, 0.1) is 0 Å². The van der Waals surface area contributed by atoms with Crippen molar-refractivity contribution in [3.63, 3.8) is 0 Å². The van der Waals surface area contributed by atoms with Gasteiger partial charge in [0.15, 0.2) is 11.5 Å². The van der Waals surface area contributed by atoms with Gasteiger partial charge in [-0.3, -0.25) is 4.79 Å². The molecule has 25 heavy (non-hydrogen) atoms. The first-order chi connectivity index (χ1) is 12.1. The lowest BCUT2D eigenvalue weighted by Crippen LogP contribution is -2.53. The Kier molecular flexibility index (Phi) is 7.52. The Bertz CT molecular complexity index is 556. The number of benzene rings is 1. The normalized spacial score (nSPS) is 16.3. The van der Waals surface area contributed by atoms with Gasteiger partial charge in [0, 0.05) is 13.7 Å². The lowest BCUT2D eigenvalue weighted by Gasteiger charge is -2.34. The summed E-state index contributed by atoms with van der Waals surface area (Å²) < 4.78 is 16.7. The molecule has 1 saturated heterocycles. The van der Waals surface area contributed by atoms with Gasteiger partial charge in [0.1, 0.15) is 5.60 Å². The molecule has 0 radical (unpaired) electrons. The molecule has 0 bridgehead atoms. The van der Waals surface area contributed by atoms with E-state index in [2.05, 4.69) is 17.6 Å². The van der Waals surface area contributed by atoms with Crippen LogP contribution in [0.15, 0.2) is 18.2 Å². The van der Waals surface area contributed by atoms with Crippen LogP contribution in [-0.4, -0.2) is 45.4 Å². The Hall–Kier alpha value is -1.79. The summed E-state index contributed by atoms with van der Waals surface area (Å²) in [4.78, 5) is 12.6. The Morgan fingerprint density at radius 1 is 1.24 bits per heavy atom. The maximum absolute atomic E-state index is 12.6. The number of hydrogen-bond donors (Lipinski definition) is 2. The van der Waals surface area contributed by atoms with Crippen LogP contribution in [0.2, 0.25) is 0 Å². The zero-order valence-electron chi connectivity index (χ0n) is 15.5. The van der Waals surface area contributed by atoms with E-state index in [1.54, 1.807) is 14.2 Å². The number of hydrogen-bond acceptors (Lipinski definition) is 5. The lowest BCUT2D eigenvalue weighted by molar-refractivity contribution is -0.146. The number of carbonyl (C=O) groups excluding carboxylic acids is 1. The fraction of sp³-hybridized carbons (Fsp3) is 0.632. The third kappa shape index (κ3) is 5.09. The third-order valence-electron chi connectivity index (χ3n) is 4.65. The summed E-state index contributed by atoms with van der Waals surface area (Å²) in [6.45, 7) is 4.82. The first kappa shape index (κ1) is 19.5. The van der Waals surface area contributed by atoms with Gasteiger partial charge in [-0.1, -0.05) is 19.4 Å². The molecule has 0 saturated carbocycles. The van der Waals surface area contributed by atoms with E-state index in [-0.39, 0.29) is 5.91 Å². The maximum atomic E-state index is 12.6. The molecule has 1 amide bonds. The SMILES string of the molecule is CCCCOc1ccc(CNC(=O)C2(OC)CCNCC2)cc1OC. The first-order valence-electron chi connectivity index (χ1n) is 8.99. The Labute approximate surface area is 150 Å². The Morgan fingerprint density at radius 3 is 2.64 bits per heavy atom. The average molecular weight is 350 g/mol. The van der Waals surface area contributed by atoms with E-state index >= 15 is 0 Å². The Balaban J connectivity index is 1.96. The highest BCUT2D eigenvalue weighted by atomic mass is 16.5. The summed E-state index contributed by atoms with van der Waals surface area (Å²) in [6.07, 6.45) is 3.46. The lowest BCUT2D eigenvalue weighted by atomic mass is 9.91. The second kappa shape index (κ2) is 9.63. The van der Waals surface area contributed by atoms with Gasteiger partial charge in [0.05, 0.1) is 13.7 Å². The number of unbranched alkanes of at least 4 members (excludes halogenated alkanes) is 1. The summed E-state index contributed by atoms with van der Waals surface area (Å²) in [5.74, 6) is 1.36. The van der Waals surface area contributed by atoms with Crippen molar-refractivity contribution in [3.8, 4) is 11.5 Å². The quantitative estimate of drug-likeness (QED) is 0.669. The van der Waals surface area contributed by atoms with Crippen molar-refractivity contribution < 1.29 is 19.0 Å². The molecule has 1 heterocycles. The molecular formula is C19H30N2O4. The van der Waals surface area contributed by atoms with Crippen molar-refractivity contribution >= 4 is 5.91 Å². The molecule has 140 valence electrons. The van der Waals surface area contributed by atoms with E-state index in [0.717, 1.165) is 37.2 Å². The van der Waals surface area contributed by atoms with E-state index in [0.29, 0.717) is 31.7 Å². The molecule has 0 atom stereocenters. The molecule has 1 fully saturated rings. The second-order valence-corrected chi connectivity index (χ2v) is 6.32. The average Bonchev–Trinajstić information content (AvgIpc) is 2.67. The molecule has 0 spiro atoms. The summed E-state index contributed by atoms with van der Waals surface area (Å²) in [7, 11) is 3.23. The largest absolute Gasteiger partial charge is 0.493 e. The summed E-state index contributed by atoms with van der Waals surface area (Å²) in [5, 5.41) is 6.25. The van der Waals surface area contributed by atoms with Crippen molar-refractivity contribution in [2.24, 2.45) is 0 Å². The summed E-state index contributed by atoms with van der Waals surface area (Å²) in [5.41, 5.74) is 0.242. The van der Waals surface area contributed by atoms with Crippen molar-refractivity contribution in [1.82, 2.24) is 10.6 Å². The maximum Gasteiger partial charge on any atom is 0.252 e. The molecule has 2 rings (SSSR count). The smallest absolute Gasteiger partial charge is 0.252 e. The van der Waals surface area contributed by atoms with Crippen LogP contribution < -0.4 is 20.1 Å². The molecule has 0 aliphatic carbocycles. The van der Waals surface area contributed by atoms with E-state index in [4.69, 9.17) is 14.2 Å². The number of amides is 1. The predicted octanol–water partition coefficient (Wildman–Crippen LogP) is 2.26. The zero-order chi connectivity index (χ0) is 18.1. The van der Waals surface area contributed by atoms with Gasteiger partial charge in [-0.05, 0) is 50.0 Å². The molecule has 1 aliphatic heterocycles. The van der Waals surface area contributed by atoms with Gasteiger partial charge >= 0.3 is 0 Å². The molecule has 1 aromatic rings. The fourth-order valence-corrected chi connectivity index (χ4v) is 2.97. The molecular weight excluding hydrogens is 320 g/mol. The van der Waals surface area contributed by atoms with Gasteiger partial charge in [-0.15, -0.1) is 0 Å². The molecule has 1 aliphatic rings. The number of methoxy groups -OCH3 is 2. The molecule has 6 nitrogen and oxygen atoms in total. The highest BCUT2D eigenvalue weighted by Gasteiger charge is 2.39. The fourth-order valence-electron chi connectivity index (χ4n) is 2.97. The molecule has 6 heteroatoms. The number of carbonyl (C=O) groups is 1. The van der Waals surface area contributed by atoms with Crippen LogP contribution in [0.1, 0.15) is 38.2 Å². The van der Waals surface area contributed by atoms with Gasteiger partial charge in [-0.2, -0.15) is 0 Å². The summed E-state index contributed by atoms with van der Waals surface area (Å²) in [6, 6.07) is 5.75. The number of piperidine rings is 1. The summed E-state index contributed by atoms with van der Waals surface area (Å²) >= 11 is 0. The first-order valence-corrected chi connectivity index (χ1v) is 8.99. The van der Waals surface area contributed by atoms with Crippen molar-refractivity contribution in [3.05, 3.63) is 23.8 Å². The molecule has 1 aromatic carbocycles. The van der Waals surface area contributed by atoms with Crippen LogP contribution in [0.25, 0.3) is 0 Å². The van der Waals surface area contributed by atoms with Crippen LogP contribution in [-0.2, 0) is 16.1 Å². The highest BCUT2D eigenvalue weighted by molar-refractivity contribution is 5.85. The van der Waals surface area contributed by atoms with Crippen LogP contribution in [0.5, 0.6) is 11.5 Å². The van der Waals surface area contributed by atoms with Crippen LogP contribution in [0.4, 0.5) is 0 Å². The molecule has 2 N–H and O–H groups in total. The number of rotatable bonds is 9. The second-order valence-electron chi connectivity index (χ2n) is 6.32. The van der Waals surface area contributed by atoms with E-state index in [1.165, 1.54) is 0 Å². The van der Waals surface area contributed by atoms with Crippen LogP contribution in [0.3, 0.4) is 0 Å². The third-order valence-corrected chi connectivity index (χ3v) is 4.65. The van der Waals surface area contributed by atoms with Crippen LogP contribution >= 0.6 is 0 Å². The van der Waals surface area contributed by atoms with Gasteiger partial charge in [-0.25, -0.2) is 0 Å². The van der Waals surface area contributed by atoms with Gasteiger partial charge in [0.2, 0.25) is 0 Å². The number of ether oxygens (including phenoxy) is 3. The monoisotopic (exact) mass is 350 g/mol. The standard InChI is InChI=1S/C19H30N2O4/c1-4-5-12-25-16-7-6-15(13-17(16)23-2)14-21-18(22)19(24-3)8-10-20-11-9-19/h6-7,13,20H,4-5,8-12,14H2,1-3H3,(H,21,22). The molecule has 0 unspecified atom stereocenters. The van der Waals surface area contributed by atoms with Crippen molar-refractivity contribution in [2.75, 3.05) is 33.9 Å². The van der Waals surface area contributed by atoms with E-state index in [9.17, 15) is 4.79 Å².